The van der Waals surface area contributed by atoms with Crippen LogP contribution in [0.1, 0.15) is 24.6 Å². The van der Waals surface area contributed by atoms with Gasteiger partial charge in [-0.2, -0.15) is 0 Å². The van der Waals surface area contributed by atoms with Crippen molar-refractivity contribution in [2.75, 3.05) is 13.1 Å². The highest BCUT2D eigenvalue weighted by Crippen LogP contribution is 2.25. The minimum atomic E-state index is 0.192. The third-order valence-electron chi connectivity index (χ3n) is 2.87. The first-order chi connectivity index (χ1) is 6.38. The van der Waals surface area contributed by atoms with Crippen LogP contribution < -0.4 is 11.1 Å². The maximum absolute atomic E-state index is 6.16. The summed E-state index contributed by atoms with van der Waals surface area (Å²) in [7, 11) is 0. The molecule has 0 unspecified atom stereocenters. The number of hydrogen-bond acceptors (Lipinski definition) is 2. The Balaban J connectivity index is 1.99. The zero-order valence-electron chi connectivity index (χ0n) is 7.79. The second-order valence-electron chi connectivity index (χ2n) is 3.74. The molecule has 13 heavy (non-hydrogen) atoms. The largest absolute Gasteiger partial charge is 0.364 e. The molecular formula is C10H17N3. The summed E-state index contributed by atoms with van der Waals surface area (Å²) >= 11 is 0. The predicted molar refractivity (Wildman–Crippen MR) is 53.3 cm³/mol. The molecule has 0 aliphatic carbocycles. The summed E-state index contributed by atoms with van der Waals surface area (Å²) in [4.78, 5) is 3.19. The highest BCUT2D eigenvalue weighted by atomic mass is 14.9. The molecule has 0 bridgehead atoms. The quantitative estimate of drug-likeness (QED) is 0.634. The van der Waals surface area contributed by atoms with Gasteiger partial charge in [-0.15, -0.1) is 0 Å². The van der Waals surface area contributed by atoms with Crippen LogP contribution in [-0.4, -0.2) is 18.1 Å². The second kappa shape index (κ2) is 3.94. The van der Waals surface area contributed by atoms with Crippen molar-refractivity contribution < 1.29 is 0 Å². The van der Waals surface area contributed by atoms with Crippen molar-refractivity contribution >= 4 is 0 Å². The molecule has 1 atom stereocenters. The highest BCUT2D eigenvalue weighted by molar-refractivity contribution is 5.09. The number of aromatic nitrogens is 1. The lowest BCUT2D eigenvalue weighted by atomic mass is 9.89. The summed E-state index contributed by atoms with van der Waals surface area (Å²) in [6, 6.07) is 4.28. The highest BCUT2D eigenvalue weighted by Gasteiger charge is 2.21. The molecular weight excluding hydrogens is 162 g/mol. The van der Waals surface area contributed by atoms with Crippen LogP contribution in [0, 0.1) is 5.92 Å². The van der Waals surface area contributed by atoms with E-state index in [1.807, 2.05) is 12.3 Å². The van der Waals surface area contributed by atoms with Gasteiger partial charge < -0.3 is 16.0 Å². The Labute approximate surface area is 78.7 Å². The Morgan fingerprint density at radius 3 is 2.77 bits per heavy atom. The van der Waals surface area contributed by atoms with Crippen LogP contribution in [-0.2, 0) is 0 Å². The normalized spacial score (nSPS) is 21.6. The van der Waals surface area contributed by atoms with Gasteiger partial charge in [0.1, 0.15) is 0 Å². The van der Waals surface area contributed by atoms with Gasteiger partial charge in [0.05, 0.1) is 0 Å². The van der Waals surface area contributed by atoms with Gasteiger partial charge in [-0.3, -0.25) is 0 Å². The van der Waals surface area contributed by atoms with Gasteiger partial charge in [0.25, 0.3) is 0 Å². The van der Waals surface area contributed by atoms with E-state index in [-0.39, 0.29) is 6.04 Å². The van der Waals surface area contributed by atoms with Gasteiger partial charge in [-0.1, -0.05) is 0 Å². The van der Waals surface area contributed by atoms with Crippen molar-refractivity contribution in [1.82, 2.24) is 10.3 Å². The molecule has 0 saturated carbocycles. The van der Waals surface area contributed by atoms with E-state index < -0.39 is 0 Å². The maximum Gasteiger partial charge on any atom is 0.0477 e. The van der Waals surface area contributed by atoms with E-state index in [2.05, 4.69) is 16.4 Å². The molecule has 2 heterocycles. The van der Waals surface area contributed by atoms with Crippen LogP contribution in [0.25, 0.3) is 0 Å². The van der Waals surface area contributed by atoms with Crippen molar-refractivity contribution in [3.63, 3.8) is 0 Å². The zero-order valence-corrected chi connectivity index (χ0v) is 7.79. The van der Waals surface area contributed by atoms with Crippen molar-refractivity contribution in [3.8, 4) is 0 Å². The molecule has 0 radical (unpaired) electrons. The molecule has 2 rings (SSSR count). The van der Waals surface area contributed by atoms with Crippen molar-refractivity contribution in [3.05, 3.63) is 24.0 Å². The molecule has 1 saturated heterocycles. The first kappa shape index (κ1) is 8.78. The lowest BCUT2D eigenvalue weighted by molar-refractivity contribution is 0.319. The minimum absolute atomic E-state index is 0.192. The van der Waals surface area contributed by atoms with Crippen LogP contribution in [0.3, 0.4) is 0 Å². The second-order valence-corrected chi connectivity index (χ2v) is 3.74. The SMILES string of the molecule is N[C@@H](c1ccc[nH]1)C1CCNCC1. The van der Waals surface area contributed by atoms with Crippen molar-refractivity contribution in [1.29, 1.82) is 0 Å². The number of piperidine rings is 1. The van der Waals surface area contributed by atoms with Gasteiger partial charge in [0.15, 0.2) is 0 Å². The minimum Gasteiger partial charge on any atom is -0.364 e. The molecule has 1 aliphatic heterocycles. The summed E-state index contributed by atoms with van der Waals surface area (Å²) < 4.78 is 0. The average Bonchev–Trinajstić information content (AvgIpc) is 2.71. The molecule has 0 aromatic carbocycles. The number of nitrogens with one attached hydrogen (secondary N) is 2. The fourth-order valence-electron chi connectivity index (χ4n) is 2.01. The summed E-state index contributed by atoms with van der Waals surface area (Å²) in [5.74, 6) is 0.639. The van der Waals surface area contributed by atoms with Crippen molar-refractivity contribution in [2.24, 2.45) is 11.7 Å². The number of hydrogen-bond donors (Lipinski definition) is 3. The number of H-pyrrole nitrogens is 1. The molecule has 72 valence electrons. The fraction of sp³-hybridized carbons (Fsp3) is 0.600. The summed E-state index contributed by atoms with van der Waals surface area (Å²) in [6.07, 6.45) is 4.33. The van der Waals surface area contributed by atoms with Crippen LogP contribution >= 0.6 is 0 Å². The predicted octanol–water partition coefficient (Wildman–Crippen LogP) is 1.01. The Kier molecular flexibility index (Phi) is 2.66. The fourth-order valence-corrected chi connectivity index (χ4v) is 2.01. The molecule has 0 spiro atoms. The molecule has 1 aliphatic rings. The van der Waals surface area contributed by atoms with E-state index in [1.54, 1.807) is 0 Å². The molecule has 4 N–H and O–H groups in total. The van der Waals surface area contributed by atoms with Gasteiger partial charge in [0.2, 0.25) is 0 Å². The van der Waals surface area contributed by atoms with Gasteiger partial charge in [-0.25, -0.2) is 0 Å². The van der Waals surface area contributed by atoms with Crippen molar-refractivity contribution in [2.45, 2.75) is 18.9 Å². The van der Waals surface area contributed by atoms with Crippen LogP contribution in [0.15, 0.2) is 18.3 Å². The molecule has 0 amide bonds. The van der Waals surface area contributed by atoms with E-state index in [4.69, 9.17) is 5.73 Å². The third-order valence-corrected chi connectivity index (χ3v) is 2.87. The summed E-state index contributed by atoms with van der Waals surface area (Å²) in [5, 5.41) is 3.35. The van der Waals surface area contributed by atoms with Crippen LogP contribution in [0.5, 0.6) is 0 Å². The standard InChI is InChI=1S/C10H17N3/c11-10(9-2-1-5-13-9)8-3-6-12-7-4-8/h1-2,5,8,10,12-13H,3-4,6-7,11H2/t10-/m1/s1. The zero-order chi connectivity index (χ0) is 9.10. The Morgan fingerprint density at radius 1 is 1.38 bits per heavy atom. The van der Waals surface area contributed by atoms with Crippen LogP contribution in [0.2, 0.25) is 0 Å². The van der Waals surface area contributed by atoms with E-state index >= 15 is 0 Å². The van der Waals surface area contributed by atoms with Gasteiger partial charge >= 0.3 is 0 Å². The molecule has 1 aromatic rings. The van der Waals surface area contributed by atoms with Gasteiger partial charge in [-0.05, 0) is 44.0 Å². The lowest BCUT2D eigenvalue weighted by Gasteiger charge is -2.27. The monoisotopic (exact) mass is 179 g/mol. The van der Waals surface area contributed by atoms with Crippen LogP contribution in [0.4, 0.5) is 0 Å². The molecule has 1 aromatic heterocycles. The smallest absolute Gasteiger partial charge is 0.0477 e. The Morgan fingerprint density at radius 2 is 2.15 bits per heavy atom. The molecule has 1 fully saturated rings. The van der Waals surface area contributed by atoms with E-state index in [0.717, 1.165) is 13.1 Å². The molecule has 3 nitrogen and oxygen atoms in total. The number of aromatic amines is 1. The number of rotatable bonds is 2. The van der Waals surface area contributed by atoms with E-state index in [9.17, 15) is 0 Å². The first-order valence-electron chi connectivity index (χ1n) is 4.97. The summed E-state index contributed by atoms with van der Waals surface area (Å²) in [6.45, 7) is 2.22. The number of nitrogens with two attached hydrogens (primary N) is 1. The first-order valence-corrected chi connectivity index (χ1v) is 4.97. The third kappa shape index (κ3) is 1.92. The maximum atomic E-state index is 6.16. The van der Waals surface area contributed by atoms with E-state index in [1.165, 1.54) is 18.5 Å². The summed E-state index contributed by atoms with van der Waals surface area (Å²) in [5.41, 5.74) is 7.33. The Hall–Kier alpha value is -0.800. The average molecular weight is 179 g/mol. The molecule has 3 heteroatoms. The van der Waals surface area contributed by atoms with E-state index in [0.29, 0.717) is 5.92 Å². The topological polar surface area (TPSA) is 53.8 Å². The van der Waals surface area contributed by atoms with Gasteiger partial charge in [0, 0.05) is 17.9 Å². The Bertz CT molecular complexity index is 237. The lowest BCUT2D eigenvalue weighted by Crippen LogP contribution is -2.33.